The lowest BCUT2D eigenvalue weighted by atomic mass is 10.1. The van der Waals surface area contributed by atoms with E-state index in [1.54, 1.807) is 6.20 Å². The van der Waals surface area contributed by atoms with Crippen LogP contribution in [0.5, 0.6) is 0 Å². The zero-order chi connectivity index (χ0) is 17.2. The number of carbonyl (C=O) groups is 1. The number of nitrogens with zero attached hydrogens (tertiary/aromatic N) is 2. The molecular weight excluding hydrogens is 334 g/mol. The minimum absolute atomic E-state index is 0.00135. The van der Waals surface area contributed by atoms with Crippen molar-refractivity contribution < 1.29 is 4.79 Å². The Balaban J connectivity index is 1.42. The molecule has 2 aromatic carbocycles. The molecule has 5 heteroatoms. The molecule has 0 bridgehead atoms. The molecule has 4 nitrogen and oxygen atoms in total. The smallest absolute Gasteiger partial charge is 0.229 e. The topological polar surface area (TPSA) is 46.9 Å². The maximum atomic E-state index is 12.6. The zero-order valence-electron chi connectivity index (χ0n) is 13.6. The van der Waals surface area contributed by atoms with Gasteiger partial charge in [-0.15, -0.1) is 0 Å². The van der Waals surface area contributed by atoms with Crippen LogP contribution in [-0.2, 0) is 11.3 Å². The Bertz CT molecular complexity index is 891. The van der Waals surface area contributed by atoms with Crippen LogP contribution < -0.4 is 5.32 Å². The zero-order valence-corrected chi connectivity index (χ0v) is 14.4. The molecule has 1 aromatic heterocycles. The molecule has 1 heterocycles. The van der Waals surface area contributed by atoms with Crippen LogP contribution >= 0.6 is 11.6 Å². The monoisotopic (exact) mass is 351 g/mol. The molecule has 1 aliphatic rings. The third kappa shape index (κ3) is 3.59. The van der Waals surface area contributed by atoms with Crippen LogP contribution in [0.2, 0.25) is 5.02 Å². The van der Waals surface area contributed by atoms with E-state index in [1.165, 1.54) is 0 Å². The quantitative estimate of drug-likeness (QED) is 0.743. The number of hydrogen-bond acceptors (Lipinski definition) is 2. The molecule has 0 saturated heterocycles. The van der Waals surface area contributed by atoms with Gasteiger partial charge in [-0.3, -0.25) is 4.79 Å². The number of carbonyl (C=O) groups excluding carboxylic acids is 1. The molecule has 1 saturated carbocycles. The lowest BCUT2D eigenvalue weighted by Gasteiger charge is -2.09. The molecule has 0 aliphatic heterocycles. The number of anilines is 1. The van der Waals surface area contributed by atoms with Gasteiger partial charge in [-0.25, -0.2) is 4.68 Å². The number of aromatic nitrogens is 2. The van der Waals surface area contributed by atoms with Gasteiger partial charge in [0.05, 0.1) is 12.7 Å². The third-order valence-corrected chi connectivity index (χ3v) is 4.78. The number of halogens is 1. The molecule has 4 rings (SSSR count). The fourth-order valence-corrected chi connectivity index (χ4v) is 3.33. The van der Waals surface area contributed by atoms with E-state index in [2.05, 4.69) is 10.4 Å². The normalized spacial score (nSPS) is 18.8. The Labute approximate surface area is 151 Å². The van der Waals surface area contributed by atoms with Crippen LogP contribution in [0.25, 0.3) is 0 Å². The van der Waals surface area contributed by atoms with Crippen molar-refractivity contribution in [1.82, 2.24) is 9.78 Å². The predicted molar refractivity (Wildman–Crippen MR) is 98.7 cm³/mol. The molecule has 1 amide bonds. The second kappa shape index (κ2) is 6.73. The molecular formula is C20H18ClN3O. The second-order valence-electron chi connectivity index (χ2n) is 6.35. The summed E-state index contributed by atoms with van der Waals surface area (Å²) >= 11 is 6.04. The maximum Gasteiger partial charge on any atom is 0.229 e. The minimum atomic E-state index is -0.00135. The van der Waals surface area contributed by atoms with Gasteiger partial charge in [0.2, 0.25) is 5.91 Å². The Morgan fingerprint density at radius 1 is 1.16 bits per heavy atom. The van der Waals surface area contributed by atoms with Crippen LogP contribution in [0.4, 0.5) is 5.82 Å². The van der Waals surface area contributed by atoms with Gasteiger partial charge in [0.1, 0.15) is 5.82 Å². The molecule has 1 aliphatic carbocycles. The molecule has 2 unspecified atom stereocenters. The molecule has 25 heavy (non-hydrogen) atoms. The lowest BCUT2D eigenvalue weighted by molar-refractivity contribution is -0.117. The van der Waals surface area contributed by atoms with Crippen molar-refractivity contribution in [1.29, 1.82) is 0 Å². The Hall–Kier alpha value is -2.59. The van der Waals surface area contributed by atoms with E-state index >= 15 is 0 Å². The highest BCUT2D eigenvalue weighted by Gasteiger charge is 2.44. The van der Waals surface area contributed by atoms with Crippen molar-refractivity contribution in [2.75, 3.05) is 5.32 Å². The van der Waals surface area contributed by atoms with Crippen molar-refractivity contribution in [3.8, 4) is 0 Å². The first-order chi connectivity index (χ1) is 12.2. The average Bonchev–Trinajstić information content (AvgIpc) is 3.32. The minimum Gasteiger partial charge on any atom is -0.311 e. The van der Waals surface area contributed by atoms with Crippen molar-refractivity contribution in [3.63, 3.8) is 0 Å². The second-order valence-corrected chi connectivity index (χ2v) is 6.79. The number of benzene rings is 2. The average molecular weight is 352 g/mol. The van der Waals surface area contributed by atoms with Gasteiger partial charge < -0.3 is 5.32 Å². The first-order valence-corrected chi connectivity index (χ1v) is 8.70. The molecule has 1 fully saturated rings. The highest BCUT2D eigenvalue weighted by Crippen LogP contribution is 2.48. The summed E-state index contributed by atoms with van der Waals surface area (Å²) in [6.45, 7) is 0.631. The van der Waals surface area contributed by atoms with Gasteiger partial charge in [-0.2, -0.15) is 5.10 Å². The molecule has 0 spiro atoms. The van der Waals surface area contributed by atoms with E-state index in [4.69, 9.17) is 11.6 Å². The number of nitrogens with one attached hydrogen (secondary N) is 1. The van der Waals surface area contributed by atoms with Gasteiger partial charge in [-0.1, -0.05) is 54.1 Å². The van der Waals surface area contributed by atoms with E-state index in [0.717, 1.165) is 23.4 Å². The molecule has 0 radical (unpaired) electrons. The summed E-state index contributed by atoms with van der Waals surface area (Å²) < 4.78 is 1.81. The fourth-order valence-electron chi connectivity index (χ4n) is 3.13. The SMILES string of the molecule is O=C(Nc1ccnn1Cc1ccccc1)C1CC1c1cccc(Cl)c1. The summed E-state index contributed by atoms with van der Waals surface area (Å²) in [6.07, 6.45) is 2.57. The van der Waals surface area contributed by atoms with E-state index < -0.39 is 0 Å². The lowest BCUT2D eigenvalue weighted by Crippen LogP contribution is -2.18. The molecule has 126 valence electrons. The molecule has 2 atom stereocenters. The number of amides is 1. The maximum absolute atomic E-state index is 12.6. The van der Waals surface area contributed by atoms with Crippen LogP contribution in [0.1, 0.15) is 23.5 Å². The van der Waals surface area contributed by atoms with Crippen molar-refractivity contribution in [2.45, 2.75) is 18.9 Å². The fraction of sp³-hybridized carbons (Fsp3) is 0.200. The highest BCUT2D eigenvalue weighted by molar-refractivity contribution is 6.30. The van der Waals surface area contributed by atoms with Crippen LogP contribution in [0.15, 0.2) is 66.9 Å². The van der Waals surface area contributed by atoms with Gasteiger partial charge in [0.15, 0.2) is 0 Å². The summed E-state index contributed by atoms with van der Waals surface area (Å²) in [5.74, 6) is 1.02. The van der Waals surface area contributed by atoms with Crippen molar-refractivity contribution >= 4 is 23.3 Å². The van der Waals surface area contributed by atoms with Gasteiger partial charge in [0.25, 0.3) is 0 Å². The van der Waals surface area contributed by atoms with Crippen LogP contribution in [-0.4, -0.2) is 15.7 Å². The summed E-state index contributed by atoms with van der Waals surface area (Å²) in [7, 11) is 0. The van der Waals surface area contributed by atoms with Crippen LogP contribution in [0, 0.1) is 5.92 Å². The number of rotatable bonds is 5. The highest BCUT2D eigenvalue weighted by atomic mass is 35.5. The third-order valence-electron chi connectivity index (χ3n) is 4.55. The van der Waals surface area contributed by atoms with Crippen molar-refractivity contribution in [3.05, 3.63) is 83.0 Å². The molecule has 1 N–H and O–H groups in total. The van der Waals surface area contributed by atoms with Crippen LogP contribution in [0.3, 0.4) is 0 Å². The number of hydrogen-bond donors (Lipinski definition) is 1. The van der Waals surface area contributed by atoms with Gasteiger partial charge >= 0.3 is 0 Å². The summed E-state index contributed by atoms with van der Waals surface area (Å²) in [6, 6.07) is 19.7. The van der Waals surface area contributed by atoms with E-state index in [1.807, 2.05) is 65.3 Å². The Morgan fingerprint density at radius 3 is 2.80 bits per heavy atom. The largest absolute Gasteiger partial charge is 0.311 e. The predicted octanol–water partition coefficient (Wildman–Crippen LogP) is 4.33. The van der Waals surface area contributed by atoms with Gasteiger partial charge in [0, 0.05) is 17.0 Å². The first-order valence-electron chi connectivity index (χ1n) is 8.33. The van der Waals surface area contributed by atoms with Gasteiger partial charge in [-0.05, 0) is 35.6 Å². The first kappa shape index (κ1) is 15.9. The van der Waals surface area contributed by atoms with E-state index in [9.17, 15) is 4.79 Å². The van der Waals surface area contributed by atoms with E-state index in [0.29, 0.717) is 11.6 Å². The standard InChI is InChI=1S/C20H18ClN3O/c21-16-8-4-7-15(11-16)17-12-18(17)20(25)23-19-9-10-22-24(19)13-14-5-2-1-3-6-14/h1-11,17-18H,12-13H2,(H,23,25). The summed E-state index contributed by atoms with van der Waals surface area (Å²) in [4.78, 5) is 12.6. The Morgan fingerprint density at radius 2 is 2.00 bits per heavy atom. The summed E-state index contributed by atoms with van der Waals surface area (Å²) in [5, 5.41) is 8.05. The van der Waals surface area contributed by atoms with E-state index in [-0.39, 0.29) is 17.7 Å². The van der Waals surface area contributed by atoms with Crippen molar-refractivity contribution in [2.24, 2.45) is 5.92 Å². The summed E-state index contributed by atoms with van der Waals surface area (Å²) in [5.41, 5.74) is 2.27. The molecule has 3 aromatic rings. The Kier molecular flexibility index (Phi) is 4.28.